The maximum absolute atomic E-state index is 5.66. The molecule has 1 heterocycles. The minimum atomic E-state index is 0.599. The Morgan fingerprint density at radius 2 is 1.87 bits per heavy atom. The van der Waals surface area contributed by atoms with E-state index in [-0.39, 0.29) is 0 Å². The van der Waals surface area contributed by atoms with Crippen LogP contribution in [-0.2, 0) is 4.74 Å². The summed E-state index contributed by atoms with van der Waals surface area (Å²) < 4.78 is 5.66. The lowest BCUT2D eigenvalue weighted by Crippen LogP contribution is -2.19. The zero-order valence-corrected chi connectivity index (χ0v) is 11.2. The smallest absolute Gasteiger partial charge is 0.0576 e. The summed E-state index contributed by atoms with van der Waals surface area (Å²) in [5, 5.41) is 0. The fourth-order valence-corrected chi connectivity index (χ4v) is 3.82. The summed E-state index contributed by atoms with van der Waals surface area (Å²) in [5.41, 5.74) is 0. The third kappa shape index (κ3) is 3.74. The van der Waals surface area contributed by atoms with E-state index in [1.54, 1.807) is 0 Å². The lowest BCUT2D eigenvalue weighted by Gasteiger charge is -2.27. The van der Waals surface area contributed by atoms with Crippen LogP contribution in [-0.4, -0.2) is 17.5 Å². The van der Waals surface area contributed by atoms with Crippen molar-refractivity contribution in [2.24, 2.45) is 5.92 Å². The summed E-state index contributed by atoms with van der Waals surface area (Å²) in [5.74, 6) is 0.945. The van der Waals surface area contributed by atoms with Crippen molar-refractivity contribution in [3.63, 3.8) is 0 Å². The minimum Gasteiger partial charge on any atom is -0.378 e. The summed E-state index contributed by atoms with van der Waals surface area (Å²) in [7, 11) is 0. The average molecular weight is 275 g/mol. The van der Waals surface area contributed by atoms with Gasteiger partial charge in [-0.1, -0.05) is 35.2 Å². The van der Waals surface area contributed by atoms with Gasteiger partial charge in [0, 0.05) is 11.4 Å². The van der Waals surface area contributed by atoms with Crippen molar-refractivity contribution in [2.75, 3.05) is 6.61 Å². The Balaban J connectivity index is 1.59. The van der Waals surface area contributed by atoms with E-state index in [9.17, 15) is 0 Å². The Labute approximate surface area is 102 Å². The Hall–Kier alpha value is 0.440. The summed E-state index contributed by atoms with van der Waals surface area (Å²) in [4.78, 5) is 0.802. The highest BCUT2D eigenvalue weighted by Gasteiger charge is 2.23. The molecule has 3 atom stereocenters. The Morgan fingerprint density at radius 3 is 2.60 bits per heavy atom. The second-order valence-electron chi connectivity index (χ2n) is 5.13. The molecule has 0 bridgehead atoms. The van der Waals surface area contributed by atoms with Crippen LogP contribution in [0.3, 0.4) is 0 Å². The predicted octanol–water partition coefficient (Wildman–Crippen LogP) is 4.29. The molecule has 0 N–H and O–H groups in total. The van der Waals surface area contributed by atoms with Gasteiger partial charge < -0.3 is 4.74 Å². The van der Waals surface area contributed by atoms with Gasteiger partial charge in [0.25, 0.3) is 0 Å². The van der Waals surface area contributed by atoms with Crippen LogP contribution in [0.5, 0.6) is 0 Å². The predicted molar refractivity (Wildman–Crippen MR) is 67.5 cm³/mol. The van der Waals surface area contributed by atoms with Gasteiger partial charge in [0.05, 0.1) is 6.10 Å². The van der Waals surface area contributed by atoms with Gasteiger partial charge in [0.2, 0.25) is 0 Å². The highest BCUT2D eigenvalue weighted by atomic mass is 79.9. The van der Waals surface area contributed by atoms with Crippen molar-refractivity contribution >= 4 is 15.9 Å². The molecule has 1 aliphatic heterocycles. The zero-order chi connectivity index (χ0) is 10.5. The van der Waals surface area contributed by atoms with Gasteiger partial charge in [0.1, 0.15) is 0 Å². The van der Waals surface area contributed by atoms with E-state index in [1.807, 2.05) is 0 Å². The van der Waals surface area contributed by atoms with Crippen molar-refractivity contribution < 1.29 is 4.74 Å². The van der Waals surface area contributed by atoms with Crippen LogP contribution in [0.15, 0.2) is 0 Å². The van der Waals surface area contributed by atoms with Gasteiger partial charge in [-0.3, -0.25) is 0 Å². The standard InChI is InChI=1S/C13H23BrO/c14-13-9-2-1-5-11(13)6-3-7-12-8-4-10-15-12/h11-13H,1-10H2. The molecule has 2 rings (SSSR count). The number of rotatable bonds is 4. The monoisotopic (exact) mass is 274 g/mol. The van der Waals surface area contributed by atoms with Crippen molar-refractivity contribution in [1.29, 1.82) is 0 Å². The van der Waals surface area contributed by atoms with Gasteiger partial charge in [-0.25, -0.2) is 0 Å². The lowest BCUT2D eigenvalue weighted by atomic mass is 9.85. The molecule has 0 spiro atoms. The van der Waals surface area contributed by atoms with Crippen molar-refractivity contribution in [2.45, 2.75) is 68.7 Å². The fourth-order valence-electron chi connectivity index (χ4n) is 2.97. The first-order valence-corrected chi connectivity index (χ1v) is 7.53. The molecule has 1 nitrogen and oxygen atoms in total. The number of halogens is 1. The van der Waals surface area contributed by atoms with Crippen LogP contribution in [0, 0.1) is 5.92 Å². The molecule has 1 saturated heterocycles. The summed E-state index contributed by atoms with van der Waals surface area (Å²) in [6.07, 6.45) is 13.0. The third-order valence-electron chi connectivity index (χ3n) is 3.94. The lowest BCUT2D eigenvalue weighted by molar-refractivity contribution is 0.100. The van der Waals surface area contributed by atoms with Crippen LogP contribution in [0.25, 0.3) is 0 Å². The molecular formula is C13H23BrO. The van der Waals surface area contributed by atoms with E-state index in [0.717, 1.165) is 17.4 Å². The number of ether oxygens (including phenoxy) is 1. The molecule has 0 aromatic rings. The first-order valence-electron chi connectivity index (χ1n) is 6.62. The van der Waals surface area contributed by atoms with E-state index in [4.69, 9.17) is 4.74 Å². The van der Waals surface area contributed by atoms with Crippen LogP contribution in [0.2, 0.25) is 0 Å². The second kappa shape index (κ2) is 6.24. The molecule has 2 fully saturated rings. The largest absolute Gasteiger partial charge is 0.378 e. The normalized spacial score (nSPS) is 37.0. The first-order chi connectivity index (χ1) is 7.36. The van der Waals surface area contributed by atoms with Crippen LogP contribution < -0.4 is 0 Å². The van der Waals surface area contributed by atoms with E-state index in [1.165, 1.54) is 57.8 Å². The minimum absolute atomic E-state index is 0.599. The molecule has 2 heteroatoms. The Kier molecular flexibility index (Phi) is 4.96. The fraction of sp³-hybridized carbons (Fsp3) is 1.00. The zero-order valence-electron chi connectivity index (χ0n) is 9.59. The van der Waals surface area contributed by atoms with Crippen molar-refractivity contribution in [3.05, 3.63) is 0 Å². The molecule has 15 heavy (non-hydrogen) atoms. The van der Waals surface area contributed by atoms with Crippen LogP contribution >= 0.6 is 15.9 Å². The summed E-state index contributed by atoms with van der Waals surface area (Å²) in [6.45, 7) is 1.01. The highest BCUT2D eigenvalue weighted by molar-refractivity contribution is 9.09. The van der Waals surface area contributed by atoms with Gasteiger partial charge in [-0.15, -0.1) is 0 Å². The molecule has 1 saturated carbocycles. The maximum Gasteiger partial charge on any atom is 0.0576 e. The van der Waals surface area contributed by atoms with E-state index in [0.29, 0.717) is 6.10 Å². The molecule has 3 unspecified atom stereocenters. The third-order valence-corrected chi connectivity index (χ3v) is 5.15. The van der Waals surface area contributed by atoms with Gasteiger partial charge in [-0.05, 0) is 44.4 Å². The quantitative estimate of drug-likeness (QED) is 0.695. The molecule has 88 valence electrons. The van der Waals surface area contributed by atoms with Crippen LogP contribution in [0.4, 0.5) is 0 Å². The van der Waals surface area contributed by atoms with Gasteiger partial charge >= 0.3 is 0 Å². The van der Waals surface area contributed by atoms with Gasteiger partial charge in [-0.2, -0.15) is 0 Å². The highest BCUT2D eigenvalue weighted by Crippen LogP contribution is 2.33. The maximum atomic E-state index is 5.66. The molecule has 1 aliphatic carbocycles. The van der Waals surface area contributed by atoms with Crippen LogP contribution in [0.1, 0.15) is 57.8 Å². The molecular weight excluding hydrogens is 252 g/mol. The van der Waals surface area contributed by atoms with Gasteiger partial charge in [0.15, 0.2) is 0 Å². The van der Waals surface area contributed by atoms with E-state index < -0.39 is 0 Å². The van der Waals surface area contributed by atoms with E-state index in [2.05, 4.69) is 15.9 Å². The summed E-state index contributed by atoms with van der Waals surface area (Å²) >= 11 is 3.84. The molecule has 0 aromatic heterocycles. The first kappa shape index (κ1) is 11.9. The molecule has 0 amide bonds. The average Bonchev–Trinajstić information content (AvgIpc) is 2.74. The SMILES string of the molecule is BrC1CCCCC1CCCC1CCCO1. The van der Waals surface area contributed by atoms with E-state index >= 15 is 0 Å². The Morgan fingerprint density at radius 1 is 1.00 bits per heavy atom. The van der Waals surface area contributed by atoms with Crippen molar-refractivity contribution in [1.82, 2.24) is 0 Å². The summed E-state index contributed by atoms with van der Waals surface area (Å²) in [6, 6.07) is 0. The van der Waals surface area contributed by atoms with Crippen molar-refractivity contribution in [3.8, 4) is 0 Å². The molecule has 0 aromatic carbocycles. The number of hydrogen-bond donors (Lipinski definition) is 0. The number of alkyl halides is 1. The number of hydrogen-bond acceptors (Lipinski definition) is 1. The molecule has 0 radical (unpaired) electrons. The Bertz CT molecular complexity index is 177. The molecule has 2 aliphatic rings. The second-order valence-corrected chi connectivity index (χ2v) is 6.30. The topological polar surface area (TPSA) is 9.23 Å².